The van der Waals surface area contributed by atoms with Gasteiger partial charge in [-0.25, -0.2) is 4.39 Å². The monoisotopic (exact) mass is 614 g/mol. The maximum atomic E-state index is 15.3. The number of rotatable bonds is 12. The van der Waals surface area contributed by atoms with E-state index in [4.69, 9.17) is 9.47 Å². The molecule has 0 bridgehead atoms. The van der Waals surface area contributed by atoms with Gasteiger partial charge in [-0.3, -0.25) is 19.4 Å². The summed E-state index contributed by atoms with van der Waals surface area (Å²) in [7, 11) is 3.06. The van der Waals surface area contributed by atoms with Gasteiger partial charge in [0.1, 0.15) is 17.2 Å². The zero-order valence-corrected chi connectivity index (χ0v) is 26.3. The Morgan fingerprint density at radius 3 is 2.33 bits per heavy atom. The summed E-state index contributed by atoms with van der Waals surface area (Å²) in [5.74, 6) is -1.31. The summed E-state index contributed by atoms with van der Waals surface area (Å²) in [5, 5.41) is 9.37. The number of fused-ring (bicyclic) bond motifs is 1. The fraction of sp³-hybridized carbons (Fsp3) is 0.314. The number of halogens is 1. The SMILES string of the molecule is CNC(=O)c1cnc2cc(OC)c(-c3ccc(C(=O)NCCCCCC(=O)OC(C)(C)C)c(F)c3)cc2c1Nc1ccccc1. The van der Waals surface area contributed by atoms with Crippen molar-refractivity contribution in [2.45, 2.75) is 52.1 Å². The number of nitrogens with zero attached hydrogens (tertiary/aromatic N) is 1. The Bertz CT molecular complexity index is 1690. The first-order valence-corrected chi connectivity index (χ1v) is 14.9. The summed E-state index contributed by atoms with van der Waals surface area (Å²) in [6.07, 6.45) is 3.82. The van der Waals surface area contributed by atoms with Crippen LogP contribution in [0.25, 0.3) is 22.0 Å². The minimum absolute atomic E-state index is 0.0812. The van der Waals surface area contributed by atoms with Crippen LogP contribution in [0.2, 0.25) is 0 Å². The predicted molar refractivity (Wildman–Crippen MR) is 173 cm³/mol. The van der Waals surface area contributed by atoms with Crippen molar-refractivity contribution in [1.29, 1.82) is 0 Å². The van der Waals surface area contributed by atoms with Gasteiger partial charge in [0.05, 0.1) is 29.4 Å². The van der Waals surface area contributed by atoms with Crippen molar-refractivity contribution in [2.24, 2.45) is 0 Å². The summed E-state index contributed by atoms with van der Waals surface area (Å²) < 4.78 is 26.3. The first-order chi connectivity index (χ1) is 21.5. The molecule has 0 aliphatic rings. The number of ether oxygens (including phenoxy) is 2. The third-order valence-electron chi connectivity index (χ3n) is 6.99. The van der Waals surface area contributed by atoms with Crippen molar-refractivity contribution in [2.75, 3.05) is 26.0 Å². The number of para-hydroxylation sites is 1. The van der Waals surface area contributed by atoms with E-state index in [1.807, 2.05) is 51.1 Å². The second-order valence-electron chi connectivity index (χ2n) is 11.5. The van der Waals surface area contributed by atoms with E-state index in [2.05, 4.69) is 20.9 Å². The van der Waals surface area contributed by atoms with Crippen LogP contribution < -0.4 is 20.7 Å². The molecule has 45 heavy (non-hydrogen) atoms. The Hall–Kier alpha value is -4.99. The highest BCUT2D eigenvalue weighted by Crippen LogP contribution is 2.38. The number of methoxy groups -OCH3 is 1. The summed E-state index contributed by atoms with van der Waals surface area (Å²) in [6.45, 7) is 5.83. The van der Waals surface area contributed by atoms with Gasteiger partial charge in [-0.15, -0.1) is 0 Å². The second-order valence-corrected chi connectivity index (χ2v) is 11.5. The summed E-state index contributed by atoms with van der Waals surface area (Å²) in [6, 6.07) is 17.3. The standard InChI is InChI=1S/C35H39FN4O5/c1-35(2,3)45-31(41)14-10-7-11-17-38-34(43)24-16-15-22(18-28(24)36)25-19-26-29(20-30(25)44-5)39-21-27(33(42)37-4)32(26)40-23-12-8-6-9-13-23/h6,8-9,12-13,15-16,18-21H,7,10-11,14,17H2,1-5H3,(H,37,42)(H,38,43)(H,39,40). The maximum absolute atomic E-state index is 15.3. The first-order valence-electron chi connectivity index (χ1n) is 14.9. The van der Waals surface area contributed by atoms with Crippen LogP contribution in [0, 0.1) is 5.82 Å². The van der Waals surface area contributed by atoms with Crippen molar-refractivity contribution in [3.63, 3.8) is 0 Å². The zero-order chi connectivity index (χ0) is 32.6. The molecule has 0 atom stereocenters. The number of hydrogen-bond acceptors (Lipinski definition) is 7. The van der Waals surface area contributed by atoms with Crippen molar-refractivity contribution in [3.8, 4) is 16.9 Å². The smallest absolute Gasteiger partial charge is 0.306 e. The number of benzene rings is 3. The predicted octanol–water partition coefficient (Wildman–Crippen LogP) is 6.78. The van der Waals surface area contributed by atoms with Crippen LogP contribution >= 0.6 is 0 Å². The van der Waals surface area contributed by atoms with Crippen LogP contribution in [-0.2, 0) is 9.53 Å². The molecule has 0 fully saturated rings. The molecule has 2 amide bonds. The van der Waals surface area contributed by atoms with Crippen LogP contribution in [0.15, 0.2) is 66.9 Å². The Morgan fingerprint density at radius 1 is 0.911 bits per heavy atom. The van der Waals surface area contributed by atoms with Gasteiger partial charge in [0.2, 0.25) is 0 Å². The molecule has 4 rings (SSSR count). The number of amides is 2. The first kappa shape index (κ1) is 32.9. The molecule has 0 aliphatic carbocycles. The van der Waals surface area contributed by atoms with Gasteiger partial charge in [-0.2, -0.15) is 0 Å². The molecule has 9 nitrogen and oxygen atoms in total. The van der Waals surface area contributed by atoms with Gasteiger partial charge in [0.25, 0.3) is 11.8 Å². The van der Waals surface area contributed by atoms with Gasteiger partial charge in [-0.05, 0) is 69.5 Å². The minimum Gasteiger partial charge on any atom is -0.496 e. The van der Waals surface area contributed by atoms with Crippen LogP contribution in [0.5, 0.6) is 5.75 Å². The normalized spacial score (nSPS) is 11.2. The molecule has 236 valence electrons. The van der Waals surface area contributed by atoms with Gasteiger partial charge in [0.15, 0.2) is 0 Å². The summed E-state index contributed by atoms with van der Waals surface area (Å²) >= 11 is 0. The van der Waals surface area contributed by atoms with E-state index in [1.165, 1.54) is 25.4 Å². The molecular formula is C35H39FN4O5. The quantitative estimate of drug-likeness (QED) is 0.119. The van der Waals surface area contributed by atoms with Gasteiger partial charge >= 0.3 is 5.97 Å². The van der Waals surface area contributed by atoms with Crippen molar-refractivity contribution in [3.05, 3.63) is 83.8 Å². The minimum atomic E-state index is -0.683. The van der Waals surface area contributed by atoms with E-state index in [9.17, 15) is 14.4 Å². The average Bonchev–Trinajstić information content (AvgIpc) is 3.01. The zero-order valence-electron chi connectivity index (χ0n) is 26.3. The van der Waals surface area contributed by atoms with Crippen molar-refractivity contribution in [1.82, 2.24) is 15.6 Å². The van der Waals surface area contributed by atoms with Crippen LogP contribution in [0.3, 0.4) is 0 Å². The Labute approximate surface area is 262 Å². The van der Waals surface area contributed by atoms with Crippen LogP contribution in [-0.4, -0.2) is 49.1 Å². The highest BCUT2D eigenvalue weighted by molar-refractivity contribution is 6.09. The highest BCUT2D eigenvalue weighted by atomic mass is 19.1. The van der Waals surface area contributed by atoms with Crippen molar-refractivity contribution < 1.29 is 28.2 Å². The molecule has 0 aliphatic heterocycles. The van der Waals surface area contributed by atoms with Crippen molar-refractivity contribution >= 4 is 40.1 Å². The van der Waals surface area contributed by atoms with E-state index in [0.717, 1.165) is 12.1 Å². The average molecular weight is 615 g/mol. The number of esters is 1. The second kappa shape index (κ2) is 14.7. The molecule has 0 radical (unpaired) electrons. The third kappa shape index (κ3) is 8.56. The van der Waals surface area contributed by atoms with Gasteiger partial charge < -0.3 is 25.4 Å². The van der Waals surface area contributed by atoms with E-state index < -0.39 is 17.3 Å². The molecule has 3 aromatic carbocycles. The lowest BCUT2D eigenvalue weighted by atomic mass is 9.98. The number of pyridine rings is 1. The summed E-state index contributed by atoms with van der Waals surface area (Å²) in [5.41, 5.74) is 2.68. The molecule has 1 heterocycles. The topological polar surface area (TPSA) is 119 Å². The molecule has 1 aromatic heterocycles. The Morgan fingerprint density at radius 2 is 1.67 bits per heavy atom. The highest BCUT2D eigenvalue weighted by Gasteiger charge is 2.20. The molecule has 4 aromatic rings. The maximum Gasteiger partial charge on any atom is 0.306 e. The van der Waals surface area contributed by atoms with Crippen LogP contribution in [0.1, 0.15) is 67.2 Å². The lowest BCUT2D eigenvalue weighted by molar-refractivity contribution is -0.154. The number of carbonyl (C=O) groups is 3. The number of hydrogen-bond donors (Lipinski definition) is 3. The number of carbonyl (C=O) groups excluding carboxylic acids is 3. The Balaban J connectivity index is 1.53. The molecule has 10 heteroatoms. The lowest BCUT2D eigenvalue weighted by Gasteiger charge is -2.19. The van der Waals surface area contributed by atoms with E-state index >= 15 is 4.39 Å². The fourth-order valence-corrected chi connectivity index (χ4v) is 4.85. The van der Waals surface area contributed by atoms with E-state index in [1.54, 1.807) is 25.2 Å². The third-order valence-corrected chi connectivity index (χ3v) is 6.99. The molecule has 0 unspecified atom stereocenters. The number of unbranched alkanes of at least 4 members (excludes halogenated alkanes) is 2. The lowest BCUT2D eigenvalue weighted by Crippen LogP contribution is -2.25. The van der Waals surface area contributed by atoms with E-state index in [0.29, 0.717) is 64.8 Å². The van der Waals surface area contributed by atoms with Gasteiger partial charge in [0, 0.05) is 48.9 Å². The largest absolute Gasteiger partial charge is 0.496 e. The molecule has 0 spiro atoms. The number of aromatic nitrogens is 1. The number of nitrogens with one attached hydrogen (secondary N) is 3. The molecule has 0 saturated carbocycles. The molecular weight excluding hydrogens is 575 g/mol. The summed E-state index contributed by atoms with van der Waals surface area (Å²) in [4.78, 5) is 41.9. The van der Waals surface area contributed by atoms with E-state index in [-0.39, 0.29) is 17.4 Å². The van der Waals surface area contributed by atoms with Crippen LogP contribution in [0.4, 0.5) is 15.8 Å². The molecule has 3 N–H and O–H groups in total. The fourth-order valence-electron chi connectivity index (χ4n) is 4.85. The number of anilines is 2. The molecule has 0 saturated heterocycles. The Kier molecular flexibility index (Phi) is 10.7. The van der Waals surface area contributed by atoms with Gasteiger partial charge in [-0.1, -0.05) is 30.7 Å².